The highest BCUT2D eigenvalue weighted by Crippen LogP contribution is 2.40. The quantitative estimate of drug-likeness (QED) is 0.214. The molecule has 3 unspecified atom stereocenters. The zero-order valence-electron chi connectivity index (χ0n) is 25.3. The Hall–Kier alpha value is 0.708. The van der Waals surface area contributed by atoms with Crippen molar-refractivity contribution in [3.63, 3.8) is 0 Å². The minimum Gasteiger partial charge on any atom is -0.417 e. The fourth-order valence-corrected chi connectivity index (χ4v) is 24.8. The van der Waals surface area contributed by atoms with E-state index < -0.39 is 31.3 Å². The summed E-state index contributed by atoms with van der Waals surface area (Å²) in [6, 6.07) is 2.55. The minimum atomic E-state index is -1.65. The molecule has 4 nitrogen and oxygen atoms in total. The maximum absolute atomic E-state index is 6.50. The predicted octanol–water partition coefficient (Wildman–Crippen LogP) is 8.50. The maximum Gasteiger partial charge on any atom is 0.208 e. The molecule has 0 radical (unpaired) electrons. The molecule has 2 saturated heterocycles. The van der Waals surface area contributed by atoms with Crippen LogP contribution in [0.1, 0.15) is 93.4 Å². The van der Waals surface area contributed by atoms with Crippen molar-refractivity contribution < 1.29 is 17.7 Å². The Kier molecular flexibility index (Phi) is 12.0. The Morgan fingerprint density at radius 3 is 1.62 bits per heavy atom. The Bertz CT molecular complexity index is 626. The molecule has 0 aromatic carbocycles. The summed E-state index contributed by atoms with van der Waals surface area (Å²) in [5.74, 6) is 0. The van der Waals surface area contributed by atoms with E-state index >= 15 is 0 Å². The lowest BCUT2D eigenvalue weighted by Gasteiger charge is -2.51. The van der Waals surface area contributed by atoms with Crippen molar-refractivity contribution in [1.82, 2.24) is 0 Å². The van der Waals surface area contributed by atoms with Crippen LogP contribution in [0.2, 0.25) is 51.4 Å². The van der Waals surface area contributed by atoms with Crippen LogP contribution in [0.5, 0.6) is 0 Å². The Morgan fingerprint density at radius 2 is 1.21 bits per heavy atom. The predicted molar refractivity (Wildman–Crippen MR) is 158 cm³/mol. The van der Waals surface area contributed by atoms with Gasteiger partial charge in [0.2, 0.25) is 31.3 Å². The van der Waals surface area contributed by atoms with Crippen LogP contribution in [0.15, 0.2) is 0 Å². The molecule has 0 aliphatic carbocycles. The second kappa shape index (κ2) is 12.5. The molecule has 0 aromatic heterocycles. The standard InChI is InChI=1S/2C13H30O2Si2/c1-8-9-12(2)14-17(7)11-10-13(3,4)15-16(17,5)6;1-7-8-9-11-14-17(6)12-10-13(2,3)15-16(17,4)5/h12H,8-11H2,1-7H3;7-12H2,1-6H3. The molecule has 2 fully saturated rings. The normalized spacial score (nSPS) is 32.4. The molecule has 0 N–H and O–H groups in total. The van der Waals surface area contributed by atoms with Crippen molar-refractivity contribution >= 4 is 31.3 Å². The molecule has 0 amide bonds. The van der Waals surface area contributed by atoms with Gasteiger partial charge in [0.1, 0.15) is 0 Å². The number of hydrogen-bond donors (Lipinski definition) is 0. The third-order valence-corrected chi connectivity index (χ3v) is 37.9. The Balaban J connectivity index is 0.000000340. The molecule has 2 aliphatic rings. The summed E-state index contributed by atoms with van der Waals surface area (Å²) in [4.78, 5) is 0. The lowest BCUT2D eigenvalue weighted by atomic mass is 10.1. The van der Waals surface area contributed by atoms with Crippen molar-refractivity contribution in [2.45, 2.75) is 162 Å². The Labute approximate surface area is 217 Å². The molecule has 3 atom stereocenters. The van der Waals surface area contributed by atoms with Gasteiger partial charge in [0, 0.05) is 12.7 Å². The lowest BCUT2D eigenvalue weighted by Crippen LogP contribution is -2.67. The molecular formula is C26H60O4Si4. The van der Waals surface area contributed by atoms with Crippen LogP contribution < -0.4 is 0 Å². The van der Waals surface area contributed by atoms with E-state index in [0.717, 1.165) is 13.0 Å². The third-order valence-electron chi connectivity index (χ3n) is 8.34. The van der Waals surface area contributed by atoms with E-state index in [2.05, 4.69) is 87.7 Å². The second-order valence-corrected chi connectivity index (χ2v) is 39.9. The number of hydrogen-bond acceptors (Lipinski definition) is 4. The minimum absolute atomic E-state index is 0.0690. The van der Waals surface area contributed by atoms with Crippen LogP contribution in [0, 0.1) is 0 Å². The fraction of sp³-hybridized carbons (Fsp3) is 1.00. The summed E-state index contributed by atoms with van der Waals surface area (Å²) in [6.45, 7) is 30.8. The number of unbranched alkanes of at least 4 members (excludes halogenated alkanes) is 2. The van der Waals surface area contributed by atoms with Crippen LogP contribution in [-0.2, 0) is 17.7 Å². The van der Waals surface area contributed by atoms with Gasteiger partial charge in [0.25, 0.3) is 0 Å². The van der Waals surface area contributed by atoms with Crippen molar-refractivity contribution in [3.05, 3.63) is 0 Å². The van der Waals surface area contributed by atoms with Crippen LogP contribution >= 0.6 is 0 Å². The first-order valence-electron chi connectivity index (χ1n) is 14.1. The van der Waals surface area contributed by atoms with Gasteiger partial charge >= 0.3 is 0 Å². The zero-order chi connectivity index (χ0) is 26.5. The molecule has 0 bridgehead atoms. The molecule has 2 rings (SSSR count). The highest BCUT2D eigenvalue weighted by Gasteiger charge is 2.56. The SMILES string of the molecule is CCCC(C)O[Si]1(C)CCC(C)(C)O[Si]1(C)C.CCCCCO[Si]1(C)CCC(C)(C)O[Si]1(C)C. The average molecular weight is 549 g/mol. The van der Waals surface area contributed by atoms with E-state index in [1.807, 2.05) is 0 Å². The van der Waals surface area contributed by atoms with Gasteiger partial charge in [-0.15, -0.1) is 0 Å². The van der Waals surface area contributed by atoms with Gasteiger partial charge in [0.15, 0.2) is 0 Å². The maximum atomic E-state index is 6.50. The lowest BCUT2D eigenvalue weighted by molar-refractivity contribution is 0.0810. The monoisotopic (exact) mass is 548 g/mol. The molecule has 0 spiro atoms. The first-order valence-corrected chi connectivity index (χ1v) is 27.1. The van der Waals surface area contributed by atoms with Gasteiger partial charge in [-0.1, -0.05) is 33.1 Å². The summed E-state index contributed by atoms with van der Waals surface area (Å²) >= 11 is 0. The second-order valence-electron chi connectivity index (χ2n) is 13.5. The fourth-order valence-electron chi connectivity index (χ4n) is 5.39. The van der Waals surface area contributed by atoms with E-state index in [9.17, 15) is 0 Å². The van der Waals surface area contributed by atoms with Crippen LogP contribution in [0.3, 0.4) is 0 Å². The van der Waals surface area contributed by atoms with Crippen LogP contribution in [0.25, 0.3) is 0 Å². The van der Waals surface area contributed by atoms with Gasteiger partial charge in [-0.05, 0) is 112 Å². The van der Waals surface area contributed by atoms with E-state index in [4.69, 9.17) is 17.7 Å². The van der Waals surface area contributed by atoms with Crippen molar-refractivity contribution in [2.24, 2.45) is 0 Å². The topological polar surface area (TPSA) is 36.9 Å². The third kappa shape index (κ3) is 9.22. The highest BCUT2D eigenvalue weighted by atomic mass is 29.3. The molecule has 8 heteroatoms. The average Bonchev–Trinajstić information content (AvgIpc) is 2.66. The van der Waals surface area contributed by atoms with E-state index in [1.165, 1.54) is 50.6 Å². The van der Waals surface area contributed by atoms with Crippen molar-refractivity contribution in [1.29, 1.82) is 0 Å². The summed E-state index contributed by atoms with van der Waals surface area (Å²) in [6.07, 6.45) is 8.90. The largest absolute Gasteiger partial charge is 0.417 e. The van der Waals surface area contributed by atoms with E-state index in [0.29, 0.717) is 6.10 Å². The van der Waals surface area contributed by atoms with E-state index in [1.54, 1.807) is 0 Å². The van der Waals surface area contributed by atoms with Gasteiger partial charge in [-0.3, -0.25) is 0 Å². The molecule has 0 aromatic rings. The molecule has 2 heterocycles. The molecule has 2 aliphatic heterocycles. The smallest absolute Gasteiger partial charge is 0.208 e. The zero-order valence-corrected chi connectivity index (χ0v) is 29.3. The Morgan fingerprint density at radius 1 is 0.735 bits per heavy atom. The number of rotatable bonds is 9. The molecule has 34 heavy (non-hydrogen) atoms. The van der Waals surface area contributed by atoms with Gasteiger partial charge < -0.3 is 17.7 Å². The first-order chi connectivity index (χ1) is 15.3. The van der Waals surface area contributed by atoms with Crippen LogP contribution in [0.4, 0.5) is 0 Å². The molecular weight excluding hydrogens is 489 g/mol. The highest BCUT2D eigenvalue weighted by molar-refractivity contribution is 7.36. The molecule has 0 saturated carbocycles. The summed E-state index contributed by atoms with van der Waals surface area (Å²) < 4.78 is 25.7. The van der Waals surface area contributed by atoms with Gasteiger partial charge in [-0.25, -0.2) is 0 Å². The molecule has 204 valence electrons. The van der Waals surface area contributed by atoms with E-state index in [-0.39, 0.29) is 11.2 Å². The van der Waals surface area contributed by atoms with Crippen molar-refractivity contribution in [3.8, 4) is 0 Å². The van der Waals surface area contributed by atoms with Crippen molar-refractivity contribution in [2.75, 3.05) is 6.61 Å². The summed E-state index contributed by atoms with van der Waals surface area (Å²) in [5.41, 5.74) is 0.147. The van der Waals surface area contributed by atoms with Gasteiger partial charge in [0.05, 0.1) is 11.2 Å². The van der Waals surface area contributed by atoms with Crippen LogP contribution in [-0.4, -0.2) is 55.3 Å². The van der Waals surface area contributed by atoms with Gasteiger partial charge in [-0.2, -0.15) is 0 Å². The summed E-state index contributed by atoms with van der Waals surface area (Å²) in [7, 11) is -6.50. The first kappa shape index (κ1) is 32.7. The summed E-state index contributed by atoms with van der Waals surface area (Å²) in [5, 5.41) is 0.